The Bertz CT molecular complexity index is 707. The van der Waals surface area contributed by atoms with Crippen LogP contribution in [-0.4, -0.2) is 18.9 Å². The molecule has 114 valence electrons. The molecule has 1 aromatic carbocycles. The summed E-state index contributed by atoms with van der Waals surface area (Å²) in [7, 11) is -4.02. The van der Waals surface area contributed by atoms with Gasteiger partial charge in [-0.2, -0.15) is 9.98 Å². The van der Waals surface area contributed by atoms with Crippen LogP contribution < -0.4 is 4.72 Å². The molecule has 0 radical (unpaired) electrons. The Balaban J connectivity index is 3.30. The Kier molecular flexibility index (Phi) is 4.71. The van der Waals surface area contributed by atoms with Gasteiger partial charge in [0.25, 0.3) is 5.69 Å². The molecule has 0 fully saturated rings. The number of hydrogen-bond donors (Lipinski definition) is 1. The van der Waals surface area contributed by atoms with Crippen LogP contribution in [0.25, 0.3) is 0 Å². The topological polar surface area (TPSA) is 113 Å². The van der Waals surface area contributed by atoms with E-state index in [2.05, 4.69) is 4.72 Å². The highest BCUT2D eigenvalue weighted by Crippen LogP contribution is 2.24. The van der Waals surface area contributed by atoms with Gasteiger partial charge in [-0.05, 0) is 25.8 Å². The number of nitro groups is 1. The summed E-state index contributed by atoms with van der Waals surface area (Å²) in [6, 6.07) is 5.57. The lowest BCUT2D eigenvalue weighted by molar-refractivity contribution is -0.385. The lowest BCUT2D eigenvalue weighted by Crippen LogP contribution is -2.48. The molecule has 0 spiro atoms. The lowest BCUT2D eigenvalue weighted by Gasteiger charge is -2.26. The van der Waals surface area contributed by atoms with Gasteiger partial charge in [0, 0.05) is 11.6 Å². The zero-order valence-corrected chi connectivity index (χ0v) is 13.1. The van der Waals surface area contributed by atoms with Crippen molar-refractivity contribution in [1.82, 2.24) is 4.72 Å². The first-order valence-electron chi connectivity index (χ1n) is 6.24. The molecule has 1 N–H and O–H groups in total. The maximum Gasteiger partial charge on any atom is 0.273 e. The van der Waals surface area contributed by atoms with Crippen LogP contribution in [0.3, 0.4) is 0 Å². The molecule has 21 heavy (non-hydrogen) atoms. The van der Waals surface area contributed by atoms with Gasteiger partial charge in [0.2, 0.25) is 10.0 Å². The normalized spacial score (nSPS) is 14.5. The Morgan fingerprint density at radius 1 is 1.43 bits per heavy atom. The number of nitrogens with zero attached hydrogens (tertiary/aromatic N) is 2. The fraction of sp³-hybridized carbons (Fsp3) is 0.462. The fourth-order valence-electron chi connectivity index (χ4n) is 1.56. The summed E-state index contributed by atoms with van der Waals surface area (Å²) in [6.07, 6.45) is 0. The van der Waals surface area contributed by atoms with Gasteiger partial charge < -0.3 is 0 Å². The van der Waals surface area contributed by atoms with Crippen LogP contribution in [0.1, 0.15) is 26.3 Å². The highest BCUT2D eigenvalue weighted by molar-refractivity contribution is 7.89. The summed E-state index contributed by atoms with van der Waals surface area (Å²) < 4.78 is 26.9. The summed E-state index contributed by atoms with van der Waals surface area (Å²) in [5.74, 6) is -0.266. The molecule has 0 aliphatic rings. The van der Waals surface area contributed by atoms with Gasteiger partial charge in [0.05, 0.1) is 15.9 Å². The number of nitrogens with one attached hydrogen (secondary N) is 1. The van der Waals surface area contributed by atoms with E-state index >= 15 is 0 Å². The van der Waals surface area contributed by atoms with Crippen molar-refractivity contribution in [2.45, 2.75) is 38.1 Å². The second-order valence-corrected chi connectivity index (χ2v) is 6.96. The molecule has 8 heteroatoms. The minimum atomic E-state index is -4.02. The number of nitriles is 1. The van der Waals surface area contributed by atoms with E-state index in [1.54, 1.807) is 13.8 Å². The molecule has 0 saturated carbocycles. The minimum absolute atomic E-state index is 0.234. The van der Waals surface area contributed by atoms with Crippen molar-refractivity contribution in [3.63, 3.8) is 0 Å². The molecule has 0 aliphatic carbocycles. The lowest BCUT2D eigenvalue weighted by atomic mass is 9.92. The van der Waals surface area contributed by atoms with Crippen molar-refractivity contribution >= 4 is 15.7 Å². The largest absolute Gasteiger partial charge is 0.273 e. The second-order valence-electron chi connectivity index (χ2n) is 5.28. The molecule has 1 rings (SSSR count). The predicted molar refractivity (Wildman–Crippen MR) is 77.0 cm³/mol. The fourth-order valence-corrected chi connectivity index (χ4v) is 3.03. The molecule has 1 aromatic rings. The van der Waals surface area contributed by atoms with Crippen LogP contribution in [0.4, 0.5) is 5.69 Å². The van der Waals surface area contributed by atoms with Crippen molar-refractivity contribution in [2.75, 3.05) is 0 Å². The predicted octanol–water partition coefficient (Wildman–Crippen LogP) is 2.12. The smallest absolute Gasteiger partial charge is 0.258 e. The van der Waals surface area contributed by atoms with Gasteiger partial charge in [-0.1, -0.05) is 19.9 Å². The van der Waals surface area contributed by atoms with Crippen molar-refractivity contribution in [3.8, 4) is 6.07 Å². The number of sulfonamides is 1. The summed E-state index contributed by atoms with van der Waals surface area (Å²) >= 11 is 0. The van der Waals surface area contributed by atoms with Crippen LogP contribution in [0.15, 0.2) is 23.1 Å². The number of benzene rings is 1. The third-order valence-electron chi connectivity index (χ3n) is 3.42. The number of aryl methyl sites for hydroxylation is 1. The average Bonchev–Trinajstić information content (AvgIpc) is 2.37. The highest BCUT2D eigenvalue weighted by Gasteiger charge is 2.34. The molecule has 1 atom stereocenters. The van der Waals surface area contributed by atoms with Crippen molar-refractivity contribution in [1.29, 1.82) is 5.26 Å². The van der Waals surface area contributed by atoms with E-state index in [4.69, 9.17) is 5.26 Å². The minimum Gasteiger partial charge on any atom is -0.258 e. The first-order chi connectivity index (χ1) is 9.53. The van der Waals surface area contributed by atoms with E-state index in [0.717, 1.165) is 6.07 Å². The molecular formula is C13H17N3O4S. The molecule has 0 unspecified atom stereocenters. The van der Waals surface area contributed by atoms with E-state index < -0.39 is 20.5 Å². The van der Waals surface area contributed by atoms with Gasteiger partial charge in [-0.15, -0.1) is 0 Å². The maximum atomic E-state index is 12.3. The van der Waals surface area contributed by atoms with Gasteiger partial charge in [-0.3, -0.25) is 10.1 Å². The van der Waals surface area contributed by atoms with Crippen LogP contribution >= 0.6 is 0 Å². The molecule has 0 amide bonds. The molecule has 0 aromatic heterocycles. The Morgan fingerprint density at radius 2 is 2.00 bits per heavy atom. The van der Waals surface area contributed by atoms with E-state index in [9.17, 15) is 18.5 Å². The van der Waals surface area contributed by atoms with Crippen LogP contribution in [-0.2, 0) is 10.0 Å². The molecule has 0 aliphatic heterocycles. The second kappa shape index (κ2) is 5.79. The van der Waals surface area contributed by atoms with E-state index in [1.807, 2.05) is 6.07 Å². The van der Waals surface area contributed by atoms with E-state index in [1.165, 1.54) is 26.0 Å². The summed E-state index contributed by atoms with van der Waals surface area (Å²) in [4.78, 5) is 10.0. The number of nitro benzene ring substituents is 1. The van der Waals surface area contributed by atoms with Gasteiger partial charge in [0.1, 0.15) is 5.54 Å². The van der Waals surface area contributed by atoms with Crippen molar-refractivity contribution in [3.05, 3.63) is 33.9 Å². The first kappa shape index (κ1) is 17.1. The van der Waals surface area contributed by atoms with Gasteiger partial charge >= 0.3 is 0 Å². The van der Waals surface area contributed by atoms with Crippen molar-refractivity contribution in [2.24, 2.45) is 5.92 Å². The van der Waals surface area contributed by atoms with Crippen LogP contribution in [0.5, 0.6) is 0 Å². The zero-order valence-electron chi connectivity index (χ0n) is 12.2. The molecule has 7 nitrogen and oxygen atoms in total. The monoisotopic (exact) mass is 311 g/mol. The van der Waals surface area contributed by atoms with Crippen LogP contribution in [0, 0.1) is 34.3 Å². The first-order valence-corrected chi connectivity index (χ1v) is 7.72. The van der Waals surface area contributed by atoms with Gasteiger partial charge in [-0.25, -0.2) is 8.42 Å². The number of hydrogen-bond acceptors (Lipinski definition) is 5. The highest BCUT2D eigenvalue weighted by atomic mass is 32.2. The van der Waals surface area contributed by atoms with E-state index in [-0.39, 0.29) is 16.5 Å². The standard InChI is InChI=1S/C13H17N3O4S/c1-9(2)13(4,8-14)15-21(19,20)11-6-5-10(3)12(7-11)16(17)18/h5-7,9,15H,1-4H3/t13-/m1/s1. The quantitative estimate of drug-likeness (QED) is 0.661. The third-order valence-corrected chi connectivity index (χ3v) is 4.99. The SMILES string of the molecule is Cc1ccc(S(=O)(=O)N[C@](C)(C#N)C(C)C)cc1[N+](=O)[O-]. The summed E-state index contributed by atoms with van der Waals surface area (Å²) in [6.45, 7) is 6.42. The van der Waals surface area contributed by atoms with E-state index in [0.29, 0.717) is 5.56 Å². The molecule has 0 bridgehead atoms. The molecule has 0 saturated heterocycles. The summed E-state index contributed by atoms with van der Waals surface area (Å²) in [5.41, 5.74) is -1.20. The van der Waals surface area contributed by atoms with Crippen LogP contribution in [0.2, 0.25) is 0 Å². The zero-order chi connectivity index (χ0) is 16.4. The maximum absolute atomic E-state index is 12.3. The molecule has 0 heterocycles. The Hall–Kier alpha value is -1.98. The van der Waals surface area contributed by atoms with Crippen molar-refractivity contribution < 1.29 is 13.3 Å². The number of rotatable bonds is 5. The van der Waals surface area contributed by atoms with Gasteiger partial charge in [0.15, 0.2) is 0 Å². The Labute approximate surface area is 123 Å². The summed E-state index contributed by atoms with van der Waals surface area (Å²) in [5, 5.41) is 20.1. The molecular weight excluding hydrogens is 294 g/mol. The third kappa shape index (κ3) is 3.56. The Morgan fingerprint density at radius 3 is 2.43 bits per heavy atom. The average molecular weight is 311 g/mol.